The monoisotopic (exact) mass is 482 g/mol. The molecule has 0 saturated heterocycles. The van der Waals surface area contributed by atoms with Gasteiger partial charge in [0.2, 0.25) is 0 Å². The summed E-state index contributed by atoms with van der Waals surface area (Å²) in [6, 6.07) is 0.948. The van der Waals surface area contributed by atoms with Gasteiger partial charge < -0.3 is 13.9 Å². The first-order valence-corrected chi connectivity index (χ1v) is 18.2. The van der Waals surface area contributed by atoms with Crippen LogP contribution in [0.3, 0.4) is 0 Å². The van der Waals surface area contributed by atoms with Gasteiger partial charge in [0.05, 0.1) is 6.61 Å². The Bertz CT molecular complexity index is 667. The second-order valence-corrected chi connectivity index (χ2v) is 21.5. The summed E-state index contributed by atoms with van der Waals surface area (Å²) in [5, 5.41) is 0.189. The van der Waals surface area contributed by atoms with Gasteiger partial charge in [-0.15, -0.1) is 0 Å². The molecule has 7 heteroatoms. The summed E-state index contributed by atoms with van der Waals surface area (Å²) in [5.41, 5.74) is 0. The first-order chi connectivity index (χ1) is 14.5. The van der Waals surface area contributed by atoms with Gasteiger partial charge in [0.25, 0.3) is 0 Å². The van der Waals surface area contributed by atoms with E-state index in [1.807, 2.05) is 12.2 Å². The molecule has 0 aliphatic heterocycles. The molecular formula is C25H46O5Si2. The molecule has 0 saturated carbocycles. The van der Waals surface area contributed by atoms with Crippen LogP contribution >= 0.6 is 0 Å². The van der Waals surface area contributed by atoms with Crippen LogP contribution in [0.1, 0.15) is 47.5 Å². The van der Waals surface area contributed by atoms with E-state index in [1.54, 1.807) is 19.1 Å². The highest BCUT2D eigenvalue weighted by atomic mass is 28.4. The van der Waals surface area contributed by atoms with E-state index in [1.165, 1.54) is 12.2 Å². The summed E-state index contributed by atoms with van der Waals surface area (Å²) in [6.07, 6.45) is 11.1. The summed E-state index contributed by atoms with van der Waals surface area (Å²) < 4.78 is 16.8. The maximum absolute atomic E-state index is 11.9. The zero-order valence-corrected chi connectivity index (χ0v) is 24.0. The molecule has 0 aromatic heterocycles. The second-order valence-electron chi connectivity index (χ2n) is 11.1. The first-order valence-electron chi connectivity index (χ1n) is 11.6. The highest BCUT2D eigenvalue weighted by Gasteiger charge is 2.38. The average Bonchev–Trinajstić information content (AvgIpc) is 2.58. The van der Waals surface area contributed by atoms with Crippen LogP contribution in [0.25, 0.3) is 0 Å². The minimum Gasteiger partial charge on any atom is -0.463 e. The fraction of sp³-hybridized carbons (Fsp3) is 0.680. The van der Waals surface area contributed by atoms with Crippen molar-refractivity contribution in [2.24, 2.45) is 0 Å². The SMILES string of the molecule is C[C@H](C/C=C/C(=O)OCC[Si](C)(C)C)OC(=O)/C=C/C=C\C[C@@H](C)O[Si](C)(C)C(C)(C)C. The van der Waals surface area contributed by atoms with Crippen LogP contribution < -0.4 is 0 Å². The molecule has 2 atom stereocenters. The fourth-order valence-corrected chi connectivity index (χ4v) is 4.53. The predicted molar refractivity (Wildman–Crippen MR) is 139 cm³/mol. The number of carbonyl (C=O) groups is 2. The highest BCUT2D eigenvalue weighted by molar-refractivity contribution is 6.76. The molecule has 0 bridgehead atoms. The molecule has 0 aromatic carbocycles. The van der Waals surface area contributed by atoms with Crippen molar-refractivity contribution < 1.29 is 23.5 Å². The summed E-state index contributed by atoms with van der Waals surface area (Å²) in [6.45, 7) is 22.2. The van der Waals surface area contributed by atoms with Crippen LogP contribution in [0.4, 0.5) is 0 Å². The topological polar surface area (TPSA) is 61.8 Å². The lowest BCUT2D eigenvalue weighted by Crippen LogP contribution is -2.43. The van der Waals surface area contributed by atoms with E-state index in [0.29, 0.717) is 13.0 Å². The average molecular weight is 483 g/mol. The number of allylic oxidation sites excluding steroid dienone is 2. The number of hydrogen-bond acceptors (Lipinski definition) is 5. The molecule has 0 N–H and O–H groups in total. The lowest BCUT2D eigenvalue weighted by Gasteiger charge is -2.38. The van der Waals surface area contributed by atoms with E-state index >= 15 is 0 Å². The third kappa shape index (κ3) is 15.4. The molecule has 184 valence electrons. The Hall–Kier alpha value is -1.45. The van der Waals surface area contributed by atoms with Crippen molar-refractivity contribution in [3.05, 3.63) is 36.5 Å². The van der Waals surface area contributed by atoms with Gasteiger partial charge in [0.1, 0.15) is 6.10 Å². The Kier molecular flexibility index (Phi) is 13.3. The van der Waals surface area contributed by atoms with Crippen molar-refractivity contribution in [3.8, 4) is 0 Å². The van der Waals surface area contributed by atoms with Crippen LogP contribution in [-0.4, -0.2) is 47.1 Å². The van der Waals surface area contributed by atoms with Gasteiger partial charge in [0.15, 0.2) is 8.32 Å². The Morgan fingerprint density at radius 1 is 0.844 bits per heavy atom. The lowest BCUT2D eigenvalue weighted by molar-refractivity contribution is -0.142. The van der Waals surface area contributed by atoms with E-state index in [4.69, 9.17) is 13.9 Å². The number of hydrogen-bond donors (Lipinski definition) is 0. The van der Waals surface area contributed by atoms with Gasteiger partial charge >= 0.3 is 11.9 Å². The van der Waals surface area contributed by atoms with Crippen molar-refractivity contribution in [1.82, 2.24) is 0 Å². The fourth-order valence-electron chi connectivity index (χ4n) is 2.36. The summed E-state index contributed by atoms with van der Waals surface area (Å²) in [5.74, 6) is -0.752. The van der Waals surface area contributed by atoms with Crippen molar-refractivity contribution in [1.29, 1.82) is 0 Å². The maximum Gasteiger partial charge on any atom is 0.331 e. The third-order valence-corrected chi connectivity index (χ3v) is 11.7. The molecule has 0 radical (unpaired) electrons. The van der Waals surface area contributed by atoms with Crippen LogP contribution in [0.5, 0.6) is 0 Å². The first kappa shape index (κ1) is 30.6. The molecule has 0 fully saturated rings. The van der Waals surface area contributed by atoms with Gasteiger partial charge in [-0.3, -0.25) is 0 Å². The summed E-state index contributed by atoms with van der Waals surface area (Å²) in [7, 11) is -2.97. The number of carbonyl (C=O) groups excluding carboxylic acids is 2. The van der Waals surface area contributed by atoms with Crippen molar-refractivity contribution >= 4 is 28.3 Å². The van der Waals surface area contributed by atoms with E-state index in [0.717, 1.165) is 12.5 Å². The minimum atomic E-state index is -1.76. The van der Waals surface area contributed by atoms with E-state index in [-0.39, 0.29) is 23.2 Å². The number of rotatable bonds is 13. The molecule has 0 aliphatic rings. The summed E-state index contributed by atoms with van der Waals surface area (Å²) in [4.78, 5) is 23.6. The molecule has 32 heavy (non-hydrogen) atoms. The molecule has 5 nitrogen and oxygen atoms in total. The zero-order chi connectivity index (χ0) is 25.0. The van der Waals surface area contributed by atoms with Gasteiger partial charge in [-0.05, 0) is 44.4 Å². The van der Waals surface area contributed by atoms with Crippen molar-refractivity contribution in [2.45, 2.75) is 103 Å². The maximum atomic E-state index is 11.9. The van der Waals surface area contributed by atoms with Gasteiger partial charge in [-0.25, -0.2) is 9.59 Å². The molecule has 0 unspecified atom stereocenters. The Morgan fingerprint density at radius 3 is 2.00 bits per heavy atom. The molecule has 0 rings (SSSR count). The molecule has 0 aliphatic carbocycles. The minimum absolute atomic E-state index is 0.140. The van der Waals surface area contributed by atoms with Gasteiger partial charge in [0, 0.05) is 32.8 Å². The van der Waals surface area contributed by atoms with Crippen molar-refractivity contribution in [3.63, 3.8) is 0 Å². The van der Waals surface area contributed by atoms with Gasteiger partial charge in [-0.2, -0.15) is 0 Å². The molecule has 0 heterocycles. The highest BCUT2D eigenvalue weighted by Crippen LogP contribution is 2.37. The molecule has 0 spiro atoms. The van der Waals surface area contributed by atoms with Crippen molar-refractivity contribution in [2.75, 3.05) is 6.61 Å². The Morgan fingerprint density at radius 2 is 1.44 bits per heavy atom. The predicted octanol–water partition coefficient (Wildman–Crippen LogP) is 6.66. The van der Waals surface area contributed by atoms with E-state index in [2.05, 4.69) is 60.4 Å². The molecule has 0 aromatic rings. The Labute approximate surface area is 198 Å². The second kappa shape index (κ2) is 14.0. The van der Waals surface area contributed by atoms with E-state index in [9.17, 15) is 9.59 Å². The van der Waals surface area contributed by atoms with E-state index < -0.39 is 22.4 Å². The normalized spacial score (nSPS) is 15.4. The lowest BCUT2D eigenvalue weighted by atomic mass is 10.2. The number of esters is 2. The quantitative estimate of drug-likeness (QED) is 0.127. The number of ether oxygens (including phenoxy) is 2. The van der Waals surface area contributed by atoms with Crippen LogP contribution in [0.2, 0.25) is 43.8 Å². The molecule has 0 amide bonds. The Balaban J connectivity index is 4.22. The largest absolute Gasteiger partial charge is 0.463 e. The molecular weight excluding hydrogens is 436 g/mol. The van der Waals surface area contributed by atoms with Crippen LogP contribution in [0, 0.1) is 0 Å². The van der Waals surface area contributed by atoms with Crippen LogP contribution in [-0.2, 0) is 23.5 Å². The smallest absolute Gasteiger partial charge is 0.331 e. The van der Waals surface area contributed by atoms with Gasteiger partial charge in [-0.1, -0.05) is 64.7 Å². The standard InChI is InChI=1S/C25H46O5Si2/c1-21(16-14-18-23(26)28-19-20-31(6,7)8)29-24(27)17-13-11-12-15-22(2)30-32(9,10)25(3,4)5/h11-14,17-18,21-22H,15-16,19-20H2,1-10H3/b12-11-,17-13+,18-14+/t21-,22-/m1/s1. The zero-order valence-electron chi connectivity index (χ0n) is 22.0. The summed E-state index contributed by atoms with van der Waals surface area (Å²) >= 11 is 0. The van der Waals surface area contributed by atoms with Crippen LogP contribution in [0.15, 0.2) is 36.5 Å². The third-order valence-electron chi connectivity index (χ3n) is 5.39.